The molecule has 19 heavy (non-hydrogen) atoms. The molecule has 0 bridgehead atoms. The van der Waals surface area contributed by atoms with Gasteiger partial charge >= 0.3 is 5.97 Å². The molecule has 3 nitrogen and oxygen atoms in total. The van der Waals surface area contributed by atoms with Gasteiger partial charge in [0, 0.05) is 12.8 Å². The van der Waals surface area contributed by atoms with Crippen molar-refractivity contribution in [3.8, 4) is 0 Å². The van der Waals surface area contributed by atoms with Gasteiger partial charge in [-0.05, 0) is 37.7 Å². The van der Waals surface area contributed by atoms with E-state index in [1.54, 1.807) is 0 Å². The Kier molecular flexibility index (Phi) is 7.46. The Labute approximate surface area is 116 Å². The van der Waals surface area contributed by atoms with Gasteiger partial charge in [0.05, 0.1) is 7.11 Å². The zero-order valence-electron chi connectivity index (χ0n) is 12.3. The van der Waals surface area contributed by atoms with Gasteiger partial charge in [0.2, 0.25) is 0 Å². The Bertz CT molecular complexity index is 342. The molecule has 0 N–H and O–H groups in total. The van der Waals surface area contributed by atoms with Gasteiger partial charge in [0.15, 0.2) is 5.78 Å². The summed E-state index contributed by atoms with van der Waals surface area (Å²) in [7, 11) is 1.43. The highest BCUT2D eigenvalue weighted by molar-refractivity contribution is 5.98. The molecule has 0 spiro atoms. The molecule has 0 atom stereocenters. The molecule has 0 fully saturated rings. The van der Waals surface area contributed by atoms with Crippen LogP contribution in [-0.2, 0) is 14.3 Å². The first-order valence-corrected chi connectivity index (χ1v) is 7.50. The first kappa shape index (κ1) is 15.9. The van der Waals surface area contributed by atoms with E-state index in [0.29, 0.717) is 12.2 Å². The van der Waals surface area contributed by atoms with E-state index in [1.165, 1.54) is 12.7 Å². The Morgan fingerprint density at radius 2 is 1.84 bits per heavy atom. The fraction of sp³-hybridized carbons (Fsp3) is 0.750. The van der Waals surface area contributed by atoms with Crippen LogP contribution in [0.15, 0.2) is 11.1 Å². The lowest BCUT2D eigenvalue weighted by Gasteiger charge is -2.05. The first-order valence-electron chi connectivity index (χ1n) is 7.50. The van der Waals surface area contributed by atoms with Crippen molar-refractivity contribution in [3.63, 3.8) is 0 Å². The van der Waals surface area contributed by atoms with Crippen LogP contribution in [0.25, 0.3) is 0 Å². The fourth-order valence-electron chi connectivity index (χ4n) is 2.68. The Balaban J connectivity index is 2.19. The van der Waals surface area contributed by atoms with Gasteiger partial charge in [-0.25, -0.2) is 0 Å². The molecule has 0 aromatic heterocycles. The standard InChI is InChI=1S/C16H26O3/c1-3-8-13-11-12-15(17)14(13)9-6-4-5-7-10-16(18)19-2/h3-12H2,1-2H3. The summed E-state index contributed by atoms with van der Waals surface area (Å²) in [5, 5.41) is 0. The third kappa shape index (κ3) is 5.58. The Morgan fingerprint density at radius 3 is 2.53 bits per heavy atom. The smallest absolute Gasteiger partial charge is 0.305 e. The molecular formula is C16H26O3. The SMILES string of the molecule is CCCC1=C(CCCCCCC(=O)OC)C(=O)CC1. The molecular weight excluding hydrogens is 240 g/mol. The van der Waals surface area contributed by atoms with Crippen molar-refractivity contribution in [2.75, 3.05) is 7.11 Å². The summed E-state index contributed by atoms with van der Waals surface area (Å²) in [6.45, 7) is 2.17. The van der Waals surface area contributed by atoms with Gasteiger partial charge < -0.3 is 4.74 Å². The zero-order chi connectivity index (χ0) is 14.1. The van der Waals surface area contributed by atoms with Crippen molar-refractivity contribution in [1.82, 2.24) is 0 Å². The number of carbonyl (C=O) groups is 2. The Morgan fingerprint density at radius 1 is 1.11 bits per heavy atom. The number of rotatable bonds is 9. The quantitative estimate of drug-likeness (QED) is 0.468. The van der Waals surface area contributed by atoms with Crippen molar-refractivity contribution < 1.29 is 14.3 Å². The van der Waals surface area contributed by atoms with Crippen LogP contribution in [0.3, 0.4) is 0 Å². The maximum Gasteiger partial charge on any atom is 0.305 e. The summed E-state index contributed by atoms with van der Waals surface area (Å²) >= 11 is 0. The van der Waals surface area contributed by atoms with Crippen LogP contribution in [0.2, 0.25) is 0 Å². The van der Waals surface area contributed by atoms with Gasteiger partial charge in [-0.1, -0.05) is 31.8 Å². The molecule has 0 unspecified atom stereocenters. The molecule has 0 saturated heterocycles. The highest BCUT2D eigenvalue weighted by Crippen LogP contribution is 2.30. The van der Waals surface area contributed by atoms with Gasteiger partial charge in [-0.3, -0.25) is 9.59 Å². The summed E-state index contributed by atoms with van der Waals surface area (Å²) in [4.78, 5) is 22.7. The first-order chi connectivity index (χ1) is 9.19. The number of allylic oxidation sites excluding steroid dienone is 2. The van der Waals surface area contributed by atoms with Crippen molar-refractivity contribution in [1.29, 1.82) is 0 Å². The normalized spacial score (nSPS) is 15.2. The van der Waals surface area contributed by atoms with E-state index in [2.05, 4.69) is 11.7 Å². The molecule has 1 aliphatic carbocycles. The monoisotopic (exact) mass is 266 g/mol. The van der Waals surface area contributed by atoms with E-state index in [4.69, 9.17) is 0 Å². The predicted molar refractivity (Wildman–Crippen MR) is 75.9 cm³/mol. The third-order valence-corrected chi connectivity index (χ3v) is 3.75. The lowest BCUT2D eigenvalue weighted by atomic mass is 10.00. The number of hydrogen-bond donors (Lipinski definition) is 0. The number of ketones is 1. The second-order valence-electron chi connectivity index (χ2n) is 5.25. The minimum absolute atomic E-state index is 0.126. The topological polar surface area (TPSA) is 43.4 Å². The maximum absolute atomic E-state index is 11.8. The van der Waals surface area contributed by atoms with Gasteiger partial charge in [-0.2, -0.15) is 0 Å². The molecule has 0 aliphatic heterocycles. The number of esters is 1. The van der Waals surface area contributed by atoms with Crippen molar-refractivity contribution in [2.45, 2.75) is 71.1 Å². The number of hydrogen-bond acceptors (Lipinski definition) is 3. The lowest BCUT2D eigenvalue weighted by molar-refractivity contribution is -0.140. The number of methoxy groups -OCH3 is 1. The zero-order valence-corrected chi connectivity index (χ0v) is 12.3. The average molecular weight is 266 g/mol. The van der Waals surface area contributed by atoms with E-state index in [-0.39, 0.29) is 5.97 Å². The minimum atomic E-state index is -0.126. The molecule has 3 heteroatoms. The van der Waals surface area contributed by atoms with Crippen LogP contribution in [0.1, 0.15) is 71.1 Å². The predicted octanol–water partition coefficient (Wildman–Crippen LogP) is 3.96. The van der Waals surface area contributed by atoms with Crippen molar-refractivity contribution >= 4 is 11.8 Å². The molecule has 0 amide bonds. The number of ether oxygens (including phenoxy) is 1. The summed E-state index contributed by atoms with van der Waals surface area (Å²) < 4.78 is 4.60. The van der Waals surface area contributed by atoms with Crippen molar-refractivity contribution in [2.24, 2.45) is 0 Å². The van der Waals surface area contributed by atoms with Gasteiger partial charge in [0.1, 0.15) is 0 Å². The van der Waals surface area contributed by atoms with E-state index in [0.717, 1.165) is 63.4 Å². The van der Waals surface area contributed by atoms with E-state index >= 15 is 0 Å². The molecule has 108 valence electrons. The second-order valence-corrected chi connectivity index (χ2v) is 5.25. The number of carbonyl (C=O) groups excluding carboxylic acids is 2. The molecule has 1 rings (SSSR count). The molecule has 0 heterocycles. The van der Waals surface area contributed by atoms with E-state index in [9.17, 15) is 9.59 Å². The minimum Gasteiger partial charge on any atom is -0.469 e. The summed E-state index contributed by atoms with van der Waals surface area (Å²) in [6, 6.07) is 0. The summed E-state index contributed by atoms with van der Waals surface area (Å²) in [5.41, 5.74) is 2.52. The highest BCUT2D eigenvalue weighted by Gasteiger charge is 2.21. The molecule has 0 saturated carbocycles. The number of Topliss-reactive ketones (excluding diaryl/α,β-unsaturated/α-hetero) is 1. The third-order valence-electron chi connectivity index (χ3n) is 3.75. The van der Waals surface area contributed by atoms with Crippen LogP contribution < -0.4 is 0 Å². The molecule has 0 aromatic carbocycles. The van der Waals surface area contributed by atoms with Crippen LogP contribution >= 0.6 is 0 Å². The maximum atomic E-state index is 11.8. The van der Waals surface area contributed by atoms with Crippen LogP contribution in [0, 0.1) is 0 Å². The van der Waals surface area contributed by atoms with Gasteiger partial charge in [0.25, 0.3) is 0 Å². The second kappa shape index (κ2) is 8.89. The highest BCUT2D eigenvalue weighted by atomic mass is 16.5. The van der Waals surface area contributed by atoms with Crippen LogP contribution in [-0.4, -0.2) is 18.9 Å². The molecule has 0 aromatic rings. The van der Waals surface area contributed by atoms with E-state index < -0.39 is 0 Å². The van der Waals surface area contributed by atoms with Crippen LogP contribution in [0.4, 0.5) is 0 Å². The lowest BCUT2D eigenvalue weighted by Crippen LogP contribution is -1.99. The van der Waals surface area contributed by atoms with Crippen LogP contribution in [0.5, 0.6) is 0 Å². The van der Waals surface area contributed by atoms with E-state index in [1.807, 2.05) is 0 Å². The largest absolute Gasteiger partial charge is 0.469 e. The van der Waals surface area contributed by atoms with Crippen molar-refractivity contribution in [3.05, 3.63) is 11.1 Å². The number of unbranched alkanes of at least 4 members (excludes halogenated alkanes) is 3. The average Bonchev–Trinajstić information content (AvgIpc) is 2.75. The molecule has 0 radical (unpaired) electrons. The molecule has 1 aliphatic rings. The summed E-state index contributed by atoms with van der Waals surface area (Å²) in [5.74, 6) is 0.247. The summed E-state index contributed by atoms with van der Waals surface area (Å²) in [6.07, 6.45) is 9.47. The van der Waals surface area contributed by atoms with Gasteiger partial charge in [-0.15, -0.1) is 0 Å². The Hall–Kier alpha value is -1.12. The fourth-order valence-corrected chi connectivity index (χ4v) is 2.68.